The van der Waals surface area contributed by atoms with Crippen molar-refractivity contribution in [3.63, 3.8) is 0 Å². The summed E-state index contributed by atoms with van der Waals surface area (Å²) in [4.78, 5) is 13.8. The molecule has 0 aromatic heterocycles. The summed E-state index contributed by atoms with van der Waals surface area (Å²) >= 11 is 0. The maximum absolute atomic E-state index is 12.0. The summed E-state index contributed by atoms with van der Waals surface area (Å²) in [6.45, 7) is 3.43. The molecule has 1 saturated heterocycles. The maximum Gasteiger partial charge on any atom is 0.222 e. The second-order valence-corrected chi connectivity index (χ2v) is 5.39. The van der Waals surface area contributed by atoms with Gasteiger partial charge >= 0.3 is 0 Å². The fourth-order valence-corrected chi connectivity index (χ4v) is 2.42. The minimum Gasteiger partial charge on any atom is -0.494 e. The summed E-state index contributed by atoms with van der Waals surface area (Å²) < 4.78 is 5.62. The van der Waals surface area contributed by atoms with E-state index >= 15 is 0 Å². The van der Waals surface area contributed by atoms with Gasteiger partial charge in [0.25, 0.3) is 0 Å². The molecule has 2 rings (SSSR count). The van der Waals surface area contributed by atoms with Crippen LogP contribution in [-0.2, 0) is 4.79 Å². The van der Waals surface area contributed by atoms with Crippen LogP contribution in [0.15, 0.2) is 30.3 Å². The van der Waals surface area contributed by atoms with Crippen LogP contribution in [0, 0.1) is 5.92 Å². The standard InChI is InChI=1S/C16H24N2O2/c1-18(16(19)12-14-8-9-17-13-14)10-5-11-20-15-6-3-2-4-7-15/h2-4,6-7,14,17H,5,8-13H2,1H3. The zero-order valence-electron chi connectivity index (χ0n) is 12.2. The molecule has 110 valence electrons. The minimum absolute atomic E-state index is 0.249. The fraction of sp³-hybridized carbons (Fsp3) is 0.562. The number of amides is 1. The van der Waals surface area contributed by atoms with Crippen LogP contribution in [0.1, 0.15) is 19.3 Å². The molecular weight excluding hydrogens is 252 g/mol. The number of benzene rings is 1. The first-order valence-corrected chi connectivity index (χ1v) is 7.38. The van der Waals surface area contributed by atoms with E-state index in [4.69, 9.17) is 4.74 Å². The minimum atomic E-state index is 0.249. The molecule has 1 aliphatic rings. The van der Waals surface area contributed by atoms with Crippen LogP contribution < -0.4 is 10.1 Å². The normalized spacial score (nSPS) is 17.9. The summed E-state index contributed by atoms with van der Waals surface area (Å²) in [5.41, 5.74) is 0. The maximum atomic E-state index is 12.0. The second-order valence-electron chi connectivity index (χ2n) is 5.39. The van der Waals surface area contributed by atoms with Gasteiger partial charge in [-0.25, -0.2) is 0 Å². The Bertz CT molecular complexity index is 402. The van der Waals surface area contributed by atoms with E-state index in [9.17, 15) is 4.79 Å². The Morgan fingerprint density at radius 3 is 2.90 bits per heavy atom. The highest BCUT2D eigenvalue weighted by atomic mass is 16.5. The third kappa shape index (κ3) is 4.85. The Morgan fingerprint density at radius 1 is 1.40 bits per heavy atom. The SMILES string of the molecule is CN(CCCOc1ccccc1)C(=O)CC1CCNC1. The third-order valence-corrected chi connectivity index (χ3v) is 3.70. The molecule has 0 spiro atoms. The molecule has 1 heterocycles. The van der Waals surface area contributed by atoms with Gasteiger partial charge in [-0.1, -0.05) is 18.2 Å². The summed E-state index contributed by atoms with van der Waals surface area (Å²) in [7, 11) is 1.88. The third-order valence-electron chi connectivity index (χ3n) is 3.70. The lowest BCUT2D eigenvalue weighted by Crippen LogP contribution is -2.30. The first-order valence-electron chi connectivity index (χ1n) is 7.38. The van der Waals surface area contributed by atoms with E-state index in [1.807, 2.05) is 42.3 Å². The molecular formula is C16H24N2O2. The first-order chi connectivity index (χ1) is 9.75. The number of hydrogen-bond donors (Lipinski definition) is 1. The molecule has 1 unspecified atom stereocenters. The molecule has 1 aromatic carbocycles. The van der Waals surface area contributed by atoms with Gasteiger partial charge in [0.1, 0.15) is 5.75 Å². The summed E-state index contributed by atoms with van der Waals surface area (Å²) in [5.74, 6) is 1.66. The molecule has 1 aliphatic heterocycles. The van der Waals surface area contributed by atoms with Gasteiger partial charge in [-0.05, 0) is 44.0 Å². The van der Waals surface area contributed by atoms with Crippen molar-refractivity contribution in [1.82, 2.24) is 10.2 Å². The molecule has 1 amide bonds. The van der Waals surface area contributed by atoms with Crippen molar-refractivity contribution in [2.75, 3.05) is 33.3 Å². The molecule has 4 nitrogen and oxygen atoms in total. The molecule has 0 bridgehead atoms. The molecule has 1 aromatic rings. The number of carbonyl (C=O) groups is 1. The lowest BCUT2D eigenvalue weighted by molar-refractivity contribution is -0.130. The molecule has 1 atom stereocenters. The Balaban J connectivity index is 1.59. The molecule has 4 heteroatoms. The lowest BCUT2D eigenvalue weighted by atomic mass is 10.0. The Labute approximate surface area is 121 Å². The van der Waals surface area contributed by atoms with E-state index in [0.29, 0.717) is 18.9 Å². The molecule has 1 fully saturated rings. The summed E-state index contributed by atoms with van der Waals surface area (Å²) in [6.07, 6.45) is 2.65. The predicted molar refractivity (Wildman–Crippen MR) is 79.8 cm³/mol. The van der Waals surface area contributed by atoms with Crippen LogP contribution in [0.4, 0.5) is 0 Å². The van der Waals surface area contributed by atoms with E-state index < -0.39 is 0 Å². The van der Waals surface area contributed by atoms with Crippen LogP contribution in [0.25, 0.3) is 0 Å². The van der Waals surface area contributed by atoms with Gasteiger partial charge in [-0.3, -0.25) is 4.79 Å². The average molecular weight is 276 g/mol. The van der Waals surface area contributed by atoms with Gasteiger partial charge in [0.2, 0.25) is 5.91 Å². The van der Waals surface area contributed by atoms with Crippen molar-refractivity contribution in [3.05, 3.63) is 30.3 Å². The average Bonchev–Trinajstić information content (AvgIpc) is 2.97. The monoisotopic (exact) mass is 276 g/mol. The lowest BCUT2D eigenvalue weighted by Gasteiger charge is -2.19. The number of nitrogens with one attached hydrogen (secondary N) is 1. The molecule has 0 aliphatic carbocycles. The van der Waals surface area contributed by atoms with Gasteiger partial charge in [0.05, 0.1) is 6.61 Å². The van der Waals surface area contributed by atoms with E-state index in [2.05, 4.69) is 5.32 Å². The zero-order valence-corrected chi connectivity index (χ0v) is 12.2. The van der Waals surface area contributed by atoms with Crippen molar-refractivity contribution in [2.24, 2.45) is 5.92 Å². The number of ether oxygens (including phenoxy) is 1. The smallest absolute Gasteiger partial charge is 0.222 e. The number of carbonyl (C=O) groups excluding carboxylic acids is 1. The van der Waals surface area contributed by atoms with Crippen molar-refractivity contribution in [1.29, 1.82) is 0 Å². The van der Waals surface area contributed by atoms with Crippen molar-refractivity contribution in [2.45, 2.75) is 19.3 Å². The quantitative estimate of drug-likeness (QED) is 0.774. The van der Waals surface area contributed by atoms with Crippen LogP contribution in [-0.4, -0.2) is 44.1 Å². The summed E-state index contributed by atoms with van der Waals surface area (Å²) in [5, 5.41) is 3.30. The van der Waals surface area contributed by atoms with Crippen LogP contribution in [0.2, 0.25) is 0 Å². The van der Waals surface area contributed by atoms with Crippen molar-refractivity contribution < 1.29 is 9.53 Å². The number of hydrogen-bond acceptors (Lipinski definition) is 3. The van der Waals surface area contributed by atoms with E-state index in [1.54, 1.807) is 0 Å². The fourth-order valence-electron chi connectivity index (χ4n) is 2.42. The second kappa shape index (κ2) is 7.90. The zero-order chi connectivity index (χ0) is 14.2. The summed E-state index contributed by atoms with van der Waals surface area (Å²) in [6, 6.07) is 9.78. The molecule has 0 saturated carbocycles. The topological polar surface area (TPSA) is 41.6 Å². The van der Waals surface area contributed by atoms with Gasteiger partial charge in [0.15, 0.2) is 0 Å². The first kappa shape index (κ1) is 14.9. The number of nitrogens with zero attached hydrogens (tertiary/aromatic N) is 1. The Kier molecular flexibility index (Phi) is 5.87. The molecule has 1 N–H and O–H groups in total. The molecule has 0 radical (unpaired) electrons. The van der Waals surface area contributed by atoms with Crippen LogP contribution >= 0.6 is 0 Å². The highest BCUT2D eigenvalue weighted by Gasteiger charge is 2.19. The molecule has 20 heavy (non-hydrogen) atoms. The van der Waals surface area contributed by atoms with E-state index in [0.717, 1.165) is 38.2 Å². The van der Waals surface area contributed by atoms with Gasteiger partial charge in [-0.2, -0.15) is 0 Å². The largest absolute Gasteiger partial charge is 0.494 e. The van der Waals surface area contributed by atoms with Gasteiger partial charge in [-0.15, -0.1) is 0 Å². The van der Waals surface area contributed by atoms with Crippen molar-refractivity contribution >= 4 is 5.91 Å². The predicted octanol–water partition coefficient (Wildman–Crippen LogP) is 1.91. The Morgan fingerprint density at radius 2 is 2.20 bits per heavy atom. The Hall–Kier alpha value is -1.55. The highest BCUT2D eigenvalue weighted by molar-refractivity contribution is 5.76. The van der Waals surface area contributed by atoms with E-state index in [-0.39, 0.29) is 5.91 Å². The van der Waals surface area contributed by atoms with Gasteiger partial charge < -0.3 is 15.0 Å². The number of para-hydroxylation sites is 1. The van der Waals surface area contributed by atoms with Crippen LogP contribution in [0.5, 0.6) is 5.75 Å². The van der Waals surface area contributed by atoms with Crippen LogP contribution in [0.3, 0.4) is 0 Å². The van der Waals surface area contributed by atoms with Crippen molar-refractivity contribution in [3.8, 4) is 5.75 Å². The highest BCUT2D eigenvalue weighted by Crippen LogP contribution is 2.13. The van der Waals surface area contributed by atoms with E-state index in [1.165, 1.54) is 0 Å². The van der Waals surface area contributed by atoms with Gasteiger partial charge in [0, 0.05) is 20.0 Å². The number of rotatable bonds is 7.